The van der Waals surface area contributed by atoms with Gasteiger partial charge in [-0.3, -0.25) is 9.89 Å². The highest BCUT2D eigenvalue weighted by Gasteiger charge is 2.31. The number of nitrogens with one attached hydrogen (secondary N) is 2. The van der Waals surface area contributed by atoms with Crippen molar-refractivity contribution in [3.63, 3.8) is 0 Å². The fourth-order valence-corrected chi connectivity index (χ4v) is 3.20. The molecular formula is C21H21N3O. The minimum absolute atomic E-state index is 0.102. The van der Waals surface area contributed by atoms with Gasteiger partial charge in [-0.05, 0) is 44.4 Å². The first-order chi connectivity index (χ1) is 12.1. The summed E-state index contributed by atoms with van der Waals surface area (Å²) in [6.07, 6.45) is 2.28. The molecule has 1 amide bonds. The van der Waals surface area contributed by atoms with Crippen LogP contribution in [0.4, 0.5) is 5.69 Å². The number of anilines is 1. The maximum atomic E-state index is 12.7. The van der Waals surface area contributed by atoms with Crippen LogP contribution in [0.1, 0.15) is 45.9 Å². The van der Waals surface area contributed by atoms with Crippen LogP contribution in [0.2, 0.25) is 0 Å². The Kier molecular flexibility index (Phi) is 3.88. The third kappa shape index (κ3) is 3.07. The number of carbonyl (C=O) groups is 1. The molecule has 1 aliphatic carbocycles. The van der Waals surface area contributed by atoms with E-state index in [1.54, 1.807) is 0 Å². The van der Waals surface area contributed by atoms with Gasteiger partial charge in [-0.15, -0.1) is 0 Å². The van der Waals surface area contributed by atoms with Crippen LogP contribution in [0.5, 0.6) is 0 Å². The number of H-pyrrole nitrogens is 1. The highest BCUT2D eigenvalue weighted by Crippen LogP contribution is 2.45. The van der Waals surface area contributed by atoms with Crippen LogP contribution < -0.4 is 5.32 Å². The zero-order valence-corrected chi connectivity index (χ0v) is 14.5. The fraction of sp³-hybridized carbons (Fsp3) is 0.238. The number of aromatic nitrogens is 2. The quantitative estimate of drug-likeness (QED) is 0.720. The highest BCUT2D eigenvalue weighted by molar-refractivity contribution is 6.06. The summed E-state index contributed by atoms with van der Waals surface area (Å²) in [6, 6.07) is 15.6. The second-order valence-electron chi connectivity index (χ2n) is 6.77. The first-order valence-electron chi connectivity index (χ1n) is 8.66. The molecule has 1 aromatic heterocycles. The molecule has 1 fully saturated rings. The number of benzene rings is 2. The second-order valence-corrected chi connectivity index (χ2v) is 6.77. The summed E-state index contributed by atoms with van der Waals surface area (Å²) in [5, 5.41) is 10.8. The number of aryl methyl sites for hydroxylation is 2. The van der Waals surface area contributed by atoms with Crippen molar-refractivity contribution in [3.05, 3.63) is 70.9 Å². The van der Waals surface area contributed by atoms with Gasteiger partial charge in [0, 0.05) is 17.0 Å². The highest BCUT2D eigenvalue weighted by atomic mass is 16.1. The van der Waals surface area contributed by atoms with Gasteiger partial charge < -0.3 is 5.32 Å². The molecule has 1 aliphatic rings. The van der Waals surface area contributed by atoms with Crippen LogP contribution >= 0.6 is 0 Å². The summed E-state index contributed by atoms with van der Waals surface area (Å²) in [6.45, 7) is 4.16. The molecular weight excluding hydrogens is 310 g/mol. The maximum Gasteiger partial charge on any atom is 0.255 e. The van der Waals surface area contributed by atoms with Gasteiger partial charge >= 0.3 is 0 Å². The molecule has 126 valence electrons. The van der Waals surface area contributed by atoms with Gasteiger partial charge in [0.1, 0.15) is 5.69 Å². The van der Waals surface area contributed by atoms with Gasteiger partial charge in [0.2, 0.25) is 0 Å². The number of hydrogen-bond acceptors (Lipinski definition) is 2. The minimum atomic E-state index is -0.102. The van der Waals surface area contributed by atoms with E-state index in [4.69, 9.17) is 0 Å². The van der Waals surface area contributed by atoms with Crippen molar-refractivity contribution in [2.45, 2.75) is 32.6 Å². The van der Waals surface area contributed by atoms with Crippen LogP contribution in [0.25, 0.3) is 11.3 Å². The molecule has 4 nitrogen and oxygen atoms in total. The maximum absolute atomic E-state index is 12.7. The summed E-state index contributed by atoms with van der Waals surface area (Å²) in [5.41, 5.74) is 6.76. The normalized spacial score (nSPS) is 13.7. The molecule has 0 unspecified atom stereocenters. The molecule has 3 aromatic rings. The van der Waals surface area contributed by atoms with Crippen molar-refractivity contribution in [2.75, 3.05) is 5.32 Å². The molecule has 4 heteroatoms. The Morgan fingerprint density at radius 1 is 1.12 bits per heavy atom. The van der Waals surface area contributed by atoms with E-state index in [0.717, 1.165) is 41.0 Å². The monoisotopic (exact) mass is 331 g/mol. The average molecular weight is 331 g/mol. The van der Waals surface area contributed by atoms with E-state index in [1.165, 1.54) is 5.56 Å². The van der Waals surface area contributed by atoms with Gasteiger partial charge in [0.25, 0.3) is 5.91 Å². The lowest BCUT2D eigenvalue weighted by molar-refractivity contribution is 0.102. The molecule has 0 spiro atoms. The number of carbonyl (C=O) groups excluding carboxylic acids is 1. The van der Waals surface area contributed by atoms with Crippen molar-refractivity contribution in [3.8, 4) is 11.3 Å². The Morgan fingerprint density at radius 3 is 2.56 bits per heavy atom. The average Bonchev–Trinajstić information content (AvgIpc) is 3.38. The van der Waals surface area contributed by atoms with Crippen molar-refractivity contribution in [1.29, 1.82) is 0 Å². The lowest BCUT2D eigenvalue weighted by atomic mass is 10.0. The number of hydrogen-bond donors (Lipinski definition) is 2. The lowest BCUT2D eigenvalue weighted by Crippen LogP contribution is -2.13. The Hall–Kier alpha value is -2.88. The van der Waals surface area contributed by atoms with Crippen molar-refractivity contribution < 1.29 is 4.79 Å². The Labute approximate surface area is 147 Å². The van der Waals surface area contributed by atoms with Crippen LogP contribution in [0.15, 0.2) is 48.5 Å². The van der Waals surface area contributed by atoms with Crippen molar-refractivity contribution in [2.24, 2.45) is 0 Å². The Morgan fingerprint density at radius 2 is 1.88 bits per heavy atom. The van der Waals surface area contributed by atoms with E-state index < -0.39 is 0 Å². The molecule has 25 heavy (non-hydrogen) atoms. The molecule has 2 aromatic carbocycles. The SMILES string of the molecule is Cc1ccc(-c2n[nH]c(C3CC3)c2NC(=O)c2ccccc2)c(C)c1. The number of rotatable bonds is 4. The summed E-state index contributed by atoms with van der Waals surface area (Å²) >= 11 is 0. The van der Waals surface area contributed by atoms with E-state index in [1.807, 2.05) is 30.3 Å². The van der Waals surface area contributed by atoms with Gasteiger partial charge in [-0.2, -0.15) is 5.10 Å². The number of nitrogens with zero attached hydrogens (tertiary/aromatic N) is 1. The van der Waals surface area contributed by atoms with E-state index in [-0.39, 0.29) is 5.91 Å². The van der Waals surface area contributed by atoms with E-state index in [2.05, 4.69) is 47.6 Å². The van der Waals surface area contributed by atoms with Crippen LogP contribution in [-0.4, -0.2) is 16.1 Å². The predicted molar refractivity (Wildman–Crippen MR) is 99.9 cm³/mol. The number of aromatic amines is 1. The molecule has 0 bridgehead atoms. The van der Waals surface area contributed by atoms with Crippen LogP contribution in [-0.2, 0) is 0 Å². The Bertz CT molecular complexity index is 924. The van der Waals surface area contributed by atoms with Crippen LogP contribution in [0, 0.1) is 13.8 Å². The lowest BCUT2D eigenvalue weighted by Gasteiger charge is -2.10. The van der Waals surface area contributed by atoms with E-state index in [0.29, 0.717) is 11.5 Å². The zero-order chi connectivity index (χ0) is 17.4. The third-order valence-electron chi connectivity index (χ3n) is 4.69. The summed E-state index contributed by atoms with van der Waals surface area (Å²) in [7, 11) is 0. The molecule has 1 heterocycles. The Balaban J connectivity index is 1.75. The minimum Gasteiger partial charge on any atom is -0.319 e. The third-order valence-corrected chi connectivity index (χ3v) is 4.69. The smallest absolute Gasteiger partial charge is 0.255 e. The molecule has 0 atom stereocenters. The molecule has 0 saturated heterocycles. The first kappa shape index (κ1) is 15.6. The molecule has 1 saturated carbocycles. The van der Waals surface area contributed by atoms with Crippen molar-refractivity contribution in [1.82, 2.24) is 10.2 Å². The van der Waals surface area contributed by atoms with Crippen molar-refractivity contribution >= 4 is 11.6 Å². The van der Waals surface area contributed by atoms with Gasteiger partial charge in [-0.1, -0.05) is 42.0 Å². The molecule has 0 radical (unpaired) electrons. The topological polar surface area (TPSA) is 57.8 Å². The van der Waals surface area contributed by atoms with Crippen LogP contribution in [0.3, 0.4) is 0 Å². The summed E-state index contributed by atoms with van der Waals surface area (Å²) < 4.78 is 0. The van der Waals surface area contributed by atoms with Gasteiger partial charge in [0.15, 0.2) is 0 Å². The largest absolute Gasteiger partial charge is 0.319 e. The predicted octanol–water partition coefficient (Wildman–Crippen LogP) is 4.82. The summed E-state index contributed by atoms with van der Waals surface area (Å²) in [5.74, 6) is 0.369. The second kappa shape index (κ2) is 6.20. The molecule has 4 rings (SSSR count). The standard InChI is InChI=1S/C21H21N3O/c1-13-8-11-17(14(2)12-13)19-20(18(23-24-19)15-9-10-15)22-21(25)16-6-4-3-5-7-16/h3-8,11-12,15H,9-10H2,1-2H3,(H,22,25)(H,23,24). The number of amides is 1. The first-order valence-corrected chi connectivity index (χ1v) is 8.66. The fourth-order valence-electron chi connectivity index (χ4n) is 3.20. The van der Waals surface area contributed by atoms with Gasteiger partial charge in [-0.25, -0.2) is 0 Å². The van der Waals surface area contributed by atoms with E-state index in [9.17, 15) is 4.79 Å². The molecule has 0 aliphatic heterocycles. The molecule has 2 N–H and O–H groups in total. The zero-order valence-electron chi connectivity index (χ0n) is 14.5. The van der Waals surface area contributed by atoms with Gasteiger partial charge in [0.05, 0.1) is 11.4 Å². The summed E-state index contributed by atoms with van der Waals surface area (Å²) in [4.78, 5) is 12.7. The van der Waals surface area contributed by atoms with E-state index >= 15 is 0 Å².